The number of hydrogen-bond donors (Lipinski definition) is 2. The van der Waals surface area contributed by atoms with Gasteiger partial charge >= 0.3 is 6.03 Å². The van der Waals surface area contributed by atoms with E-state index in [1.165, 1.54) is 12.1 Å². The number of nitro groups is 1. The number of amides is 4. The van der Waals surface area contributed by atoms with Gasteiger partial charge < -0.3 is 15.2 Å². The second kappa shape index (κ2) is 10.0. The number of nitrogens with zero attached hydrogens (tertiary/aromatic N) is 3. The fraction of sp³-hybridized carbons (Fsp3) is 0.107. The molecule has 0 bridgehead atoms. The number of imide groups is 1. The van der Waals surface area contributed by atoms with Gasteiger partial charge in [0.25, 0.3) is 11.6 Å². The molecule has 38 heavy (non-hydrogen) atoms. The van der Waals surface area contributed by atoms with Crippen LogP contribution in [0.25, 0.3) is 17.0 Å². The zero-order chi connectivity index (χ0) is 26.8. The van der Waals surface area contributed by atoms with Crippen molar-refractivity contribution < 1.29 is 19.3 Å². The quantitative estimate of drug-likeness (QED) is 0.165. The van der Waals surface area contributed by atoms with Crippen molar-refractivity contribution in [2.75, 3.05) is 11.9 Å². The Labute approximate surface area is 217 Å². The van der Waals surface area contributed by atoms with E-state index in [2.05, 4.69) is 10.6 Å². The van der Waals surface area contributed by atoms with E-state index in [1.807, 2.05) is 48.0 Å². The summed E-state index contributed by atoms with van der Waals surface area (Å²) in [5.41, 5.74) is 3.89. The second-order valence-corrected chi connectivity index (χ2v) is 8.95. The van der Waals surface area contributed by atoms with Crippen LogP contribution in [0.3, 0.4) is 0 Å². The molecular weight excluding hydrogens is 486 g/mol. The molecule has 190 valence electrons. The summed E-state index contributed by atoms with van der Waals surface area (Å²) < 4.78 is 1.93. The highest BCUT2D eigenvalue weighted by molar-refractivity contribution is 6.16. The van der Waals surface area contributed by atoms with E-state index >= 15 is 0 Å². The predicted molar refractivity (Wildman–Crippen MR) is 142 cm³/mol. The zero-order valence-electron chi connectivity index (χ0n) is 20.4. The number of benzene rings is 3. The van der Waals surface area contributed by atoms with Gasteiger partial charge in [0.15, 0.2) is 0 Å². The lowest BCUT2D eigenvalue weighted by Crippen LogP contribution is -2.38. The number of para-hydroxylation sites is 1. The Balaban J connectivity index is 1.38. The first-order valence-corrected chi connectivity index (χ1v) is 11.8. The first kappa shape index (κ1) is 24.4. The third-order valence-corrected chi connectivity index (χ3v) is 6.16. The van der Waals surface area contributed by atoms with Gasteiger partial charge in [0.2, 0.25) is 5.91 Å². The van der Waals surface area contributed by atoms with Crippen LogP contribution < -0.4 is 10.6 Å². The van der Waals surface area contributed by atoms with E-state index in [0.29, 0.717) is 17.8 Å². The minimum Gasteiger partial charge on any atom is -0.342 e. The molecule has 4 amide bonds. The first-order valence-electron chi connectivity index (χ1n) is 11.8. The molecule has 10 heteroatoms. The molecule has 2 N–H and O–H groups in total. The Morgan fingerprint density at radius 1 is 1.05 bits per heavy atom. The number of carbonyl (C=O) groups excluding carboxylic acids is 3. The Morgan fingerprint density at radius 3 is 2.63 bits per heavy atom. The van der Waals surface area contributed by atoms with E-state index < -0.39 is 29.3 Å². The molecule has 1 aromatic heterocycles. The number of non-ortho nitro benzene ring substituents is 1. The van der Waals surface area contributed by atoms with Crippen molar-refractivity contribution >= 4 is 46.2 Å². The molecule has 0 spiro atoms. The van der Waals surface area contributed by atoms with E-state index in [-0.39, 0.29) is 11.4 Å². The van der Waals surface area contributed by atoms with Crippen LogP contribution in [-0.2, 0) is 16.1 Å². The average Bonchev–Trinajstić information content (AvgIpc) is 3.36. The lowest BCUT2D eigenvalue weighted by atomic mass is 10.1. The fourth-order valence-electron chi connectivity index (χ4n) is 4.42. The Kier molecular flexibility index (Phi) is 6.44. The third-order valence-electron chi connectivity index (χ3n) is 6.16. The summed E-state index contributed by atoms with van der Waals surface area (Å²) in [5, 5.41) is 17.3. The molecule has 1 fully saturated rings. The van der Waals surface area contributed by atoms with Gasteiger partial charge in [0.05, 0.1) is 4.92 Å². The molecule has 1 aliphatic rings. The average molecular weight is 510 g/mol. The standard InChI is InChI=1S/C28H23N5O5/c1-18-6-4-8-21(12-18)29-26(34)17-32-27(35)24(30-28(32)36)14-20-16-31(25-11-3-2-10-23(20)25)15-19-7-5-9-22(13-19)33(37)38/h2-14,16H,15,17H2,1H3,(H,29,34)(H,30,36)/b24-14+. The van der Waals surface area contributed by atoms with Crippen LogP contribution >= 0.6 is 0 Å². The molecule has 0 radical (unpaired) electrons. The van der Waals surface area contributed by atoms with Crippen molar-refractivity contribution in [1.82, 2.24) is 14.8 Å². The summed E-state index contributed by atoms with van der Waals surface area (Å²) >= 11 is 0. The molecule has 10 nitrogen and oxygen atoms in total. The minimum absolute atomic E-state index is 0.00657. The number of aromatic nitrogens is 1. The number of carbonyl (C=O) groups is 3. The number of anilines is 1. The molecule has 4 aromatic rings. The number of nitrogens with one attached hydrogen (secondary N) is 2. The van der Waals surface area contributed by atoms with Gasteiger partial charge in [-0.3, -0.25) is 19.7 Å². The molecular formula is C28H23N5O5. The highest BCUT2D eigenvalue weighted by atomic mass is 16.6. The lowest BCUT2D eigenvalue weighted by Gasteiger charge is -2.12. The van der Waals surface area contributed by atoms with Crippen LogP contribution in [0.2, 0.25) is 0 Å². The van der Waals surface area contributed by atoms with Gasteiger partial charge in [0, 0.05) is 47.0 Å². The molecule has 1 saturated heterocycles. The number of nitro benzene ring substituents is 1. The number of urea groups is 1. The predicted octanol–water partition coefficient (Wildman–Crippen LogP) is 4.44. The maximum Gasteiger partial charge on any atom is 0.329 e. The van der Waals surface area contributed by atoms with Crippen LogP contribution in [0.15, 0.2) is 84.7 Å². The van der Waals surface area contributed by atoms with Crippen LogP contribution in [0.1, 0.15) is 16.7 Å². The molecule has 1 aliphatic heterocycles. The maximum atomic E-state index is 13.0. The first-order chi connectivity index (χ1) is 18.3. The van der Waals surface area contributed by atoms with Gasteiger partial charge in [0.1, 0.15) is 12.2 Å². The van der Waals surface area contributed by atoms with Crippen LogP contribution in [0.5, 0.6) is 0 Å². The highest BCUT2D eigenvalue weighted by Crippen LogP contribution is 2.26. The van der Waals surface area contributed by atoms with Gasteiger partial charge in [-0.1, -0.05) is 42.5 Å². The van der Waals surface area contributed by atoms with Crippen molar-refractivity contribution in [3.63, 3.8) is 0 Å². The lowest BCUT2D eigenvalue weighted by molar-refractivity contribution is -0.384. The molecule has 0 saturated carbocycles. The van der Waals surface area contributed by atoms with Gasteiger partial charge in [-0.15, -0.1) is 0 Å². The Bertz CT molecular complexity index is 1640. The van der Waals surface area contributed by atoms with Gasteiger partial charge in [-0.25, -0.2) is 9.69 Å². The van der Waals surface area contributed by atoms with Crippen molar-refractivity contribution in [3.05, 3.63) is 111 Å². The number of fused-ring (bicyclic) bond motifs is 1. The smallest absolute Gasteiger partial charge is 0.329 e. The van der Waals surface area contributed by atoms with E-state index in [1.54, 1.807) is 36.4 Å². The normalized spacial score (nSPS) is 14.2. The monoisotopic (exact) mass is 509 g/mol. The summed E-state index contributed by atoms with van der Waals surface area (Å²) in [6.45, 7) is 1.84. The third kappa shape index (κ3) is 5.00. The van der Waals surface area contributed by atoms with Crippen molar-refractivity contribution in [3.8, 4) is 0 Å². The van der Waals surface area contributed by atoms with Gasteiger partial charge in [-0.05, 0) is 42.3 Å². The SMILES string of the molecule is Cc1cccc(NC(=O)CN2C(=O)N/C(=C/c3cn(Cc4cccc([N+](=O)[O-])c4)c4ccccc34)C2=O)c1. The second-order valence-electron chi connectivity index (χ2n) is 8.95. The molecule has 3 aromatic carbocycles. The molecule has 0 unspecified atom stereocenters. The van der Waals surface area contributed by atoms with Gasteiger partial charge in [-0.2, -0.15) is 0 Å². The minimum atomic E-state index is -0.680. The molecule has 2 heterocycles. The van der Waals surface area contributed by atoms with Crippen LogP contribution in [-0.4, -0.2) is 38.8 Å². The largest absolute Gasteiger partial charge is 0.342 e. The summed E-state index contributed by atoms with van der Waals surface area (Å²) in [6.07, 6.45) is 3.40. The van der Waals surface area contributed by atoms with E-state index in [0.717, 1.165) is 26.9 Å². The topological polar surface area (TPSA) is 127 Å². The van der Waals surface area contributed by atoms with Crippen molar-refractivity contribution in [2.45, 2.75) is 13.5 Å². The number of aryl methyl sites for hydroxylation is 1. The van der Waals surface area contributed by atoms with E-state index in [9.17, 15) is 24.5 Å². The van der Waals surface area contributed by atoms with Crippen molar-refractivity contribution in [1.29, 1.82) is 0 Å². The molecule has 5 rings (SSSR count). The number of hydrogen-bond acceptors (Lipinski definition) is 5. The Hall–Kier alpha value is -5.25. The summed E-state index contributed by atoms with van der Waals surface area (Å²) in [6, 6.07) is 20.5. The number of rotatable bonds is 7. The van der Waals surface area contributed by atoms with Crippen LogP contribution in [0.4, 0.5) is 16.2 Å². The Morgan fingerprint density at radius 2 is 1.84 bits per heavy atom. The molecule has 0 aliphatic carbocycles. The fourth-order valence-corrected chi connectivity index (χ4v) is 4.42. The van der Waals surface area contributed by atoms with E-state index in [4.69, 9.17) is 0 Å². The summed E-state index contributed by atoms with van der Waals surface area (Å²) in [4.78, 5) is 49.7. The maximum absolute atomic E-state index is 13.0. The van der Waals surface area contributed by atoms with Crippen LogP contribution in [0, 0.1) is 17.0 Å². The summed E-state index contributed by atoms with van der Waals surface area (Å²) in [5.74, 6) is -1.10. The summed E-state index contributed by atoms with van der Waals surface area (Å²) in [7, 11) is 0. The molecule has 0 atom stereocenters. The zero-order valence-corrected chi connectivity index (χ0v) is 20.4. The highest BCUT2D eigenvalue weighted by Gasteiger charge is 2.35. The van der Waals surface area contributed by atoms with Crippen molar-refractivity contribution in [2.24, 2.45) is 0 Å².